The van der Waals surface area contributed by atoms with Crippen molar-refractivity contribution in [3.8, 4) is 5.69 Å². The van der Waals surface area contributed by atoms with Gasteiger partial charge in [-0.3, -0.25) is 4.79 Å². The van der Waals surface area contributed by atoms with Crippen LogP contribution in [0, 0.1) is 13.8 Å². The summed E-state index contributed by atoms with van der Waals surface area (Å²) in [6.45, 7) is 8.38. The number of fused-ring (bicyclic) bond motifs is 1. The monoisotopic (exact) mass is 328 g/mol. The fourth-order valence-electron chi connectivity index (χ4n) is 2.27. The molecule has 0 bridgehead atoms. The van der Waals surface area contributed by atoms with Crippen LogP contribution in [0.3, 0.4) is 0 Å². The molecule has 0 amide bonds. The molecule has 0 spiro atoms. The van der Waals surface area contributed by atoms with E-state index in [1.165, 1.54) is 11.1 Å². The predicted molar refractivity (Wildman–Crippen MR) is 94.6 cm³/mol. The van der Waals surface area contributed by atoms with Crippen LogP contribution in [0.4, 0.5) is 0 Å². The quantitative estimate of drug-likeness (QED) is 0.587. The van der Waals surface area contributed by atoms with Gasteiger partial charge in [-0.15, -0.1) is 0 Å². The summed E-state index contributed by atoms with van der Waals surface area (Å²) in [5, 5.41) is 5.91. The zero-order valence-corrected chi connectivity index (χ0v) is 14.6. The van der Waals surface area contributed by atoms with E-state index in [1.807, 2.05) is 6.07 Å². The minimum atomic E-state index is -0.143. The number of benzene rings is 1. The zero-order chi connectivity index (χ0) is 16.6. The molecule has 3 aromatic rings. The van der Waals surface area contributed by atoms with Crippen LogP contribution in [-0.2, 0) is 0 Å². The van der Waals surface area contributed by atoms with Gasteiger partial charge in [0, 0.05) is 5.25 Å². The zero-order valence-electron chi connectivity index (χ0n) is 13.8. The second-order valence-corrected chi connectivity index (χ2v) is 7.20. The highest BCUT2D eigenvalue weighted by molar-refractivity contribution is 7.99. The lowest BCUT2D eigenvalue weighted by Gasteiger charge is -2.09. The van der Waals surface area contributed by atoms with E-state index in [9.17, 15) is 4.79 Å². The Morgan fingerprint density at radius 3 is 2.78 bits per heavy atom. The van der Waals surface area contributed by atoms with E-state index in [-0.39, 0.29) is 5.56 Å². The number of thioether (sulfide) groups is 1. The van der Waals surface area contributed by atoms with Gasteiger partial charge in [0.1, 0.15) is 5.39 Å². The third-order valence-electron chi connectivity index (χ3n) is 4.04. The number of hydrogen-bond donors (Lipinski definition) is 1. The molecule has 5 nitrogen and oxygen atoms in total. The number of rotatable bonds is 4. The third kappa shape index (κ3) is 3.03. The average molecular weight is 328 g/mol. The first-order valence-corrected chi connectivity index (χ1v) is 8.60. The number of H-pyrrole nitrogens is 1. The molecule has 0 fully saturated rings. The first-order valence-electron chi connectivity index (χ1n) is 7.72. The largest absolute Gasteiger partial charge is 0.301 e. The Labute approximate surface area is 139 Å². The van der Waals surface area contributed by atoms with Crippen molar-refractivity contribution in [2.24, 2.45) is 0 Å². The minimum absolute atomic E-state index is 0.143. The van der Waals surface area contributed by atoms with E-state index in [0.717, 1.165) is 12.1 Å². The average Bonchev–Trinajstić information content (AvgIpc) is 2.94. The number of aromatic nitrogens is 4. The molecule has 0 radical (unpaired) electrons. The van der Waals surface area contributed by atoms with E-state index < -0.39 is 0 Å². The standard InChI is InChI=1S/C17H20N4OS/c1-5-12(4)23-17-19-15-14(16(22)20-17)9-18-21(15)13-7-6-10(2)11(3)8-13/h6-9,12H,5H2,1-4H3,(H,19,20,22). The summed E-state index contributed by atoms with van der Waals surface area (Å²) in [6.07, 6.45) is 2.59. The maximum absolute atomic E-state index is 12.3. The van der Waals surface area contributed by atoms with Crippen molar-refractivity contribution in [1.29, 1.82) is 0 Å². The van der Waals surface area contributed by atoms with Gasteiger partial charge in [0.05, 0.1) is 11.9 Å². The molecule has 23 heavy (non-hydrogen) atoms. The highest BCUT2D eigenvalue weighted by atomic mass is 32.2. The van der Waals surface area contributed by atoms with Crippen molar-refractivity contribution in [1.82, 2.24) is 19.7 Å². The molecule has 1 aromatic carbocycles. The second-order valence-electron chi connectivity index (χ2n) is 5.77. The van der Waals surface area contributed by atoms with Crippen LogP contribution in [0.15, 0.2) is 34.3 Å². The van der Waals surface area contributed by atoms with E-state index in [1.54, 1.807) is 22.6 Å². The van der Waals surface area contributed by atoms with Crippen molar-refractivity contribution in [3.63, 3.8) is 0 Å². The molecule has 1 unspecified atom stereocenters. The number of aromatic amines is 1. The Kier molecular flexibility index (Phi) is 4.26. The lowest BCUT2D eigenvalue weighted by Crippen LogP contribution is -2.11. The number of nitrogens with zero attached hydrogens (tertiary/aromatic N) is 3. The van der Waals surface area contributed by atoms with E-state index in [0.29, 0.717) is 21.4 Å². The van der Waals surface area contributed by atoms with E-state index in [4.69, 9.17) is 0 Å². The van der Waals surface area contributed by atoms with Gasteiger partial charge in [-0.25, -0.2) is 9.67 Å². The molecule has 3 rings (SSSR count). The van der Waals surface area contributed by atoms with E-state index in [2.05, 4.69) is 54.9 Å². The molecule has 2 heterocycles. The Hall–Kier alpha value is -2.08. The van der Waals surface area contributed by atoms with Crippen molar-refractivity contribution >= 4 is 22.8 Å². The van der Waals surface area contributed by atoms with Crippen LogP contribution in [0.5, 0.6) is 0 Å². The minimum Gasteiger partial charge on any atom is -0.301 e. The highest BCUT2D eigenvalue weighted by Gasteiger charge is 2.13. The maximum atomic E-state index is 12.3. The van der Waals surface area contributed by atoms with Gasteiger partial charge in [-0.1, -0.05) is 31.7 Å². The molecule has 1 N–H and O–H groups in total. The Morgan fingerprint density at radius 2 is 2.09 bits per heavy atom. The lowest BCUT2D eigenvalue weighted by molar-refractivity contribution is 0.859. The van der Waals surface area contributed by atoms with Gasteiger partial charge >= 0.3 is 0 Å². The normalized spacial score (nSPS) is 12.7. The van der Waals surface area contributed by atoms with E-state index >= 15 is 0 Å². The molecular formula is C17H20N4OS. The van der Waals surface area contributed by atoms with Crippen LogP contribution < -0.4 is 5.56 Å². The summed E-state index contributed by atoms with van der Waals surface area (Å²) in [5.41, 5.74) is 3.79. The predicted octanol–water partition coefficient (Wildman–Crippen LogP) is 3.62. The highest BCUT2D eigenvalue weighted by Crippen LogP contribution is 2.23. The molecule has 0 aliphatic carbocycles. The molecule has 1 atom stereocenters. The van der Waals surface area contributed by atoms with Gasteiger partial charge in [-0.2, -0.15) is 5.10 Å². The Bertz CT molecular complexity index is 913. The van der Waals surface area contributed by atoms with Crippen molar-refractivity contribution in [3.05, 3.63) is 45.9 Å². The van der Waals surface area contributed by atoms with Gasteiger partial charge in [-0.05, 0) is 43.5 Å². The van der Waals surface area contributed by atoms with Crippen LogP contribution in [0.25, 0.3) is 16.7 Å². The van der Waals surface area contributed by atoms with Gasteiger partial charge < -0.3 is 4.98 Å². The van der Waals surface area contributed by atoms with Crippen LogP contribution in [0.2, 0.25) is 0 Å². The lowest BCUT2D eigenvalue weighted by atomic mass is 10.1. The summed E-state index contributed by atoms with van der Waals surface area (Å²) in [6, 6.07) is 6.12. The topological polar surface area (TPSA) is 63.6 Å². The van der Waals surface area contributed by atoms with Crippen molar-refractivity contribution in [2.75, 3.05) is 0 Å². The van der Waals surface area contributed by atoms with Gasteiger partial charge in [0.2, 0.25) is 0 Å². The Balaban J connectivity index is 2.14. The summed E-state index contributed by atoms with van der Waals surface area (Å²) in [5.74, 6) is 0. The molecule has 0 saturated carbocycles. The van der Waals surface area contributed by atoms with Crippen LogP contribution in [0.1, 0.15) is 31.4 Å². The molecule has 0 aliphatic heterocycles. The first kappa shape index (κ1) is 15.8. The second kappa shape index (κ2) is 6.20. The fourth-order valence-corrected chi connectivity index (χ4v) is 3.11. The molecule has 6 heteroatoms. The number of nitrogens with one attached hydrogen (secondary N) is 1. The Morgan fingerprint density at radius 1 is 1.30 bits per heavy atom. The first-order chi connectivity index (χ1) is 11.0. The molecule has 120 valence electrons. The molecule has 2 aromatic heterocycles. The summed E-state index contributed by atoms with van der Waals surface area (Å²) in [4.78, 5) is 19.7. The van der Waals surface area contributed by atoms with Gasteiger partial charge in [0.15, 0.2) is 10.8 Å². The smallest absolute Gasteiger partial charge is 0.262 e. The molecule has 0 aliphatic rings. The maximum Gasteiger partial charge on any atom is 0.262 e. The summed E-state index contributed by atoms with van der Waals surface area (Å²) < 4.78 is 1.73. The molecule has 0 saturated heterocycles. The van der Waals surface area contributed by atoms with Crippen LogP contribution >= 0.6 is 11.8 Å². The summed E-state index contributed by atoms with van der Waals surface area (Å²) in [7, 11) is 0. The SMILES string of the molecule is CCC(C)Sc1nc2c(cnn2-c2ccc(C)c(C)c2)c(=O)[nH]1. The number of aryl methyl sites for hydroxylation is 2. The van der Waals surface area contributed by atoms with Crippen LogP contribution in [-0.4, -0.2) is 25.0 Å². The molecular weight excluding hydrogens is 308 g/mol. The third-order valence-corrected chi connectivity index (χ3v) is 5.19. The fraction of sp³-hybridized carbons (Fsp3) is 0.353. The summed E-state index contributed by atoms with van der Waals surface area (Å²) >= 11 is 1.58. The number of hydrogen-bond acceptors (Lipinski definition) is 4. The van der Waals surface area contributed by atoms with Crippen molar-refractivity contribution < 1.29 is 0 Å². The van der Waals surface area contributed by atoms with Gasteiger partial charge in [0.25, 0.3) is 5.56 Å². The van der Waals surface area contributed by atoms with Crippen molar-refractivity contribution in [2.45, 2.75) is 44.5 Å².